The van der Waals surface area contributed by atoms with Gasteiger partial charge < -0.3 is 4.74 Å². The lowest BCUT2D eigenvalue weighted by molar-refractivity contribution is -0.0502. The van der Waals surface area contributed by atoms with Crippen molar-refractivity contribution >= 4 is 5.69 Å². The Bertz CT molecular complexity index is 344. The number of ether oxygens (including phenoxy) is 1. The van der Waals surface area contributed by atoms with Crippen LogP contribution in [0, 0.1) is 13.5 Å². The van der Waals surface area contributed by atoms with Crippen molar-refractivity contribution < 1.29 is 13.5 Å². The number of hydrogen-bond acceptors (Lipinski definition) is 1. The first kappa shape index (κ1) is 9.46. The minimum Gasteiger partial charge on any atom is -0.436 e. The minimum atomic E-state index is -2.85. The molecule has 0 atom stereocenters. The van der Waals surface area contributed by atoms with Crippen LogP contribution in [0.15, 0.2) is 18.2 Å². The molecule has 0 spiro atoms. The molecule has 0 saturated carbocycles. The molecule has 0 radical (unpaired) electrons. The Morgan fingerprint density at radius 3 is 2.69 bits per heavy atom. The van der Waals surface area contributed by atoms with Crippen LogP contribution >= 0.6 is 0 Å². The minimum absolute atomic E-state index is 0.0588. The van der Waals surface area contributed by atoms with Crippen LogP contribution < -0.4 is 4.74 Å². The van der Waals surface area contributed by atoms with E-state index in [0.717, 1.165) is 0 Å². The number of halogens is 2. The number of nitrogens with zero attached hydrogens (tertiary/aromatic N) is 1. The van der Waals surface area contributed by atoms with Crippen molar-refractivity contribution in [1.29, 1.82) is 0 Å². The van der Waals surface area contributed by atoms with Crippen LogP contribution in [0.25, 0.3) is 4.85 Å². The van der Waals surface area contributed by atoms with Gasteiger partial charge in [0, 0.05) is 0 Å². The fourth-order valence-electron chi connectivity index (χ4n) is 0.881. The molecular weight excluding hydrogens is 176 g/mol. The van der Waals surface area contributed by atoms with Crippen molar-refractivity contribution in [3.8, 4) is 5.75 Å². The fourth-order valence-corrected chi connectivity index (χ4v) is 0.881. The number of aryl methyl sites for hydroxylation is 1. The van der Waals surface area contributed by atoms with Gasteiger partial charge in [-0.25, -0.2) is 4.85 Å². The molecule has 1 aromatic carbocycles. The summed E-state index contributed by atoms with van der Waals surface area (Å²) in [6, 6.07) is 4.43. The Morgan fingerprint density at radius 2 is 2.15 bits per heavy atom. The maximum atomic E-state index is 11.8. The molecule has 0 aliphatic heterocycles. The Morgan fingerprint density at radius 1 is 1.46 bits per heavy atom. The van der Waals surface area contributed by atoms with Crippen molar-refractivity contribution in [2.45, 2.75) is 13.5 Å². The Balaban J connectivity index is 2.99. The molecule has 1 rings (SSSR count). The molecule has 0 aliphatic rings. The molecule has 0 fully saturated rings. The van der Waals surface area contributed by atoms with Gasteiger partial charge in [-0.1, -0.05) is 12.1 Å². The van der Waals surface area contributed by atoms with Crippen molar-refractivity contribution in [2.24, 2.45) is 0 Å². The van der Waals surface area contributed by atoms with E-state index in [-0.39, 0.29) is 5.75 Å². The first-order chi connectivity index (χ1) is 6.13. The van der Waals surface area contributed by atoms with Crippen LogP contribution in [0.5, 0.6) is 5.75 Å². The Labute approximate surface area is 74.6 Å². The van der Waals surface area contributed by atoms with Crippen LogP contribution in [0.1, 0.15) is 5.56 Å². The van der Waals surface area contributed by atoms with Gasteiger partial charge in [0.15, 0.2) is 5.69 Å². The maximum Gasteiger partial charge on any atom is 0.387 e. The molecule has 0 saturated heterocycles. The molecule has 1 aromatic rings. The molecule has 0 amide bonds. The van der Waals surface area contributed by atoms with Gasteiger partial charge in [-0.05, 0) is 18.6 Å². The second-order valence-corrected chi connectivity index (χ2v) is 2.44. The molecule has 0 aromatic heterocycles. The Hall–Kier alpha value is -1.63. The third-order valence-corrected chi connectivity index (χ3v) is 1.52. The van der Waals surface area contributed by atoms with Gasteiger partial charge in [-0.3, -0.25) is 0 Å². The molecular formula is C9H7F2NO. The van der Waals surface area contributed by atoms with Crippen molar-refractivity contribution in [3.05, 3.63) is 35.2 Å². The van der Waals surface area contributed by atoms with Gasteiger partial charge in [0.05, 0.1) is 6.57 Å². The molecule has 0 aliphatic carbocycles. The van der Waals surface area contributed by atoms with Gasteiger partial charge in [-0.15, -0.1) is 0 Å². The van der Waals surface area contributed by atoms with Crippen LogP contribution in [-0.4, -0.2) is 6.61 Å². The largest absolute Gasteiger partial charge is 0.436 e. The van der Waals surface area contributed by atoms with Crippen LogP contribution in [0.2, 0.25) is 0 Å². The Kier molecular flexibility index (Phi) is 2.80. The van der Waals surface area contributed by atoms with E-state index in [2.05, 4.69) is 9.58 Å². The van der Waals surface area contributed by atoms with Crippen LogP contribution in [0.4, 0.5) is 14.5 Å². The van der Waals surface area contributed by atoms with Crippen molar-refractivity contribution in [3.63, 3.8) is 0 Å². The summed E-state index contributed by atoms with van der Waals surface area (Å²) in [4.78, 5) is 3.10. The smallest absolute Gasteiger partial charge is 0.387 e. The maximum absolute atomic E-state index is 11.8. The third-order valence-electron chi connectivity index (χ3n) is 1.52. The molecule has 68 valence electrons. The van der Waals surface area contributed by atoms with Gasteiger partial charge in [0.1, 0.15) is 5.75 Å². The van der Waals surface area contributed by atoms with Gasteiger partial charge in [-0.2, -0.15) is 8.78 Å². The van der Waals surface area contributed by atoms with E-state index in [9.17, 15) is 8.78 Å². The lowest BCUT2D eigenvalue weighted by atomic mass is 10.2. The highest BCUT2D eigenvalue weighted by Crippen LogP contribution is 2.25. The van der Waals surface area contributed by atoms with E-state index >= 15 is 0 Å². The second-order valence-electron chi connectivity index (χ2n) is 2.44. The van der Waals surface area contributed by atoms with Gasteiger partial charge in [0.25, 0.3) is 0 Å². The quantitative estimate of drug-likeness (QED) is 0.642. The predicted octanol–water partition coefficient (Wildman–Crippen LogP) is 3.15. The third kappa shape index (κ3) is 2.41. The SMILES string of the molecule is [C-]#[N+]c1ccc(C)c(OC(F)F)c1. The van der Waals surface area contributed by atoms with E-state index in [4.69, 9.17) is 6.57 Å². The molecule has 2 nitrogen and oxygen atoms in total. The summed E-state index contributed by atoms with van der Waals surface area (Å²) in [6.07, 6.45) is 0. The van der Waals surface area contributed by atoms with E-state index < -0.39 is 6.61 Å². The second kappa shape index (κ2) is 3.85. The molecule has 13 heavy (non-hydrogen) atoms. The normalized spacial score (nSPS) is 9.77. The number of benzene rings is 1. The summed E-state index contributed by atoms with van der Waals surface area (Å²) < 4.78 is 27.9. The van der Waals surface area contributed by atoms with E-state index in [1.54, 1.807) is 19.1 Å². The number of hydrogen-bond donors (Lipinski definition) is 0. The zero-order chi connectivity index (χ0) is 9.84. The van der Waals surface area contributed by atoms with Gasteiger partial charge >= 0.3 is 6.61 Å². The molecule has 0 bridgehead atoms. The molecule has 0 unspecified atom stereocenters. The van der Waals surface area contributed by atoms with Gasteiger partial charge in [0.2, 0.25) is 0 Å². The lowest BCUT2D eigenvalue weighted by Gasteiger charge is -2.07. The first-order valence-corrected chi connectivity index (χ1v) is 3.56. The van der Waals surface area contributed by atoms with E-state index in [1.807, 2.05) is 0 Å². The van der Waals surface area contributed by atoms with E-state index in [1.165, 1.54) is 6.07 Å². The summed E-state index contributed by atoms with van der Waals surface area (Å²) in [6.45, 7) is 5.47. The highest BCUT2D eigenvalue weighted by atomic mass is 19.3. The highest BCUT2D eigenvalue weighted by molar-refractivity contribution is 5.52. The average molecular weight is 183 g/mol. The standard InChI is InChI=1S/C9H7F2NO/c1-6-3-4-7(12-2)5-8(6)13-9(10)11/h3-5,9H,1H3. The van der Waals surface area contributed by atoms with Crippen molar-refractivity contribution in [2.75, 3.05) is 0 Å². The predicted molar refractivity (Wildman–Crippen MR) is 44.1 cm³/mol. The van der Waals surface area contributed by atoms with Crippen LogP contribution in [-0.2, 0) is 0 Å². The monoisotopic (exact) mass is 183 g/mol. The van der Waals surface area contributed by atoms with Crippen LogP contribution in [0.3, 0.4) is 0 Å². The zero-order valence-electron chi connectivity index (χ0n) is 6.92. The summed E-state index contributed by atoms with van der Waals surface area (Å²) in [7, 11) is 0. The molecule has 0 heterocycles. The summed E-state index contributed by atoms with van der Waals surface area (Å²) >= 11 is 0. The average Bonchev–Trinajstić information content (AvgIpc) is 2.08. The first-order valence-electron chi connectivity index (χ1n) is 3.56. The summed E-state index contributed by atoms with van der Waals surface area (Å²) in [5, 5.41) is 0. The topological polar surface area (TPSA) is 13.6 Å². The summed E-state index contributed by atoms with van der Waals surface area (Å²) in [5.41, 5.74) is 0.883. The molecule has 4 heteroatoms. The highest BCUT2D eigenvalue weighted by Gasteiger charge is 2.07. The van der Waals surface area contributed by atoms with E-state index in [0.29, 0.717) is 11.3 Å². The lowest BCUT2D eigenvalue weighted by Crippen LogP contribution is -2.02. The summed E-state index contributed by atoms with van der Waals surface area (Å²) in [5.74, 6) is 0.0588. The number of rotatable bonds is 2. The fraction of sp³-hybridized carbons (Fsp3) is 0.222. The molecule has 0 N–H and O–H groups in total. The number of alkyl halides is 2. The van der Waals surface area contributed by atoms with Crippen molar-refractivity contribution in [1.82, 2.24) is 0 Å². The zero-order valence-corrected chi connectivity index (χ0v) is 6.92.